The van der Waals surface area contributed by atoms with E-state index >= 15 is 0 Å². The molecule has 132 valence electrons. The first-order valence-corrected chi connectivity index (χ1v) is 9.57. The molecule has 1 heterocycles. The molecule has 0 aliphatic rings. The fourth-order valence-electron chi connectivity index (χ4n) is 2.92. The van der Waals surface area contributed by atoms with E-state index in [4.69, 9.17) is 4.74 Å². The second kappa shape index (κ2) is 6.00. The van der Waals surface area contributed by atoms with E-state index in [0.29, 0.717) is 5.56 Å². The van der Waals surface area contributed by atoms with Gasteiger partial charge in [0.25, 0.3) is 0 Å². The van der Waals surface area contributed by atoms with Crippen LogP contribution in [0.5, 0.6) is 11.5 Å². The molecule has 0 amide bonds. The molecule has 0 saturated heterocycles. The zero-order valence-corrected chi connectivity index (χ0v) is 15.3. The second-order valence-electron chi connectivity index (χ2n) is 6.10. The minimum absolute atomic E-state index is 0.0791. The Bertz CT molecular complexity index is 1070. The fraction of sp³-hybridized carbons (Fsp3) is 0.222. The largest absolute Gasteiger partial charge is 0.505 e. The zero-order valence-electron chi connectivity index (χ0n) is 14.5. The number of phenolic OH excluding ortho intramolecular Hbond substituents is 1. The van der Waals surface area contributed by atoms with Crippen LogP contribution in [0.3, 0.4) is 0 Å². The maximum Gasteiger partial charge on any atom is 0.229 e. The second-order valence-corrected chi connectivity index (χ2v) is 7.85. The van der Waals surface area contributed by atoms with Crippen LogP contribution in [0.4, 0.5) is 5.69 Å². The molecule has 0 fully saturated rings. The summed E-state index contributed by atoms with van der Waals surface area (Å²) < 4.78 is 30.7. The van der Waals surface area contributed by atoms with E-state index in [9.17, 15) is 13.5 Å². The number of H-pyrrole nitrogens is 1. The predicted molar refractivity (Wildman–Crippen MR) is 99.9 cm³/mol. The van der Waals surface area contributed by atoms with Crippen molar-refractivity contribution >= 4 is 26.6 Å². The molecule has 3 aromatic rings. The number of ether oxygens (including phenoxy) is 1. The first-order chi connectivity index (χ1) is 11.7. The van der Waals surface area contributed by atoms with Crippen LogP contribution >= 0.6 is 0 Å². The monoisotopic (exact) mass is 360 g/mol. The van der Waals surface area contributed by atoms with E-state index in [-0.39, 0.29) is 11.4 Å². The van der Waals surface area contributed by atoms with Crippen molar-refractivity contribution in [2.75, 3.05) is 18.1 Å². The van der Waals surface area contributed by atoms with Crippen LogP contribution < -0.4 is 9.46 Å². The Kier molecular flexibility index (Phi) is 4.12. The van der Waals surface area contributed by atoms with Gasteiger partial charge in [0.2, 0.25) is 10.0 Å². The van der Waals surface area contributed by atoms with Gasteiger partial charge in [0.15, 0.2) is 0 Å². The lowest BCUT2D eigenvalue weighted by atomic mass is 10.0. The molecule has 0 saturated carbocycles. The summed E-state index contributed by atoms with van der Waals surface area (Å²) in [5.41, 5.74) is 4.37. The standard InChI is InChI=1S/C18H20N2O4S/c1-10-7-12(8-16(18(10)21)20-25(4,22)23)17-11(2)14-9-13(24-3)5-6-15(14)19-17/h5-9,19-21H,1-4H3. The molecule has 0 bridgehead atoms. The number of benzene rings is 2. The normalized spacial score (nSPS) is 11.7. The smallest absolute Gasteiger partial charge is 0.229 e. The third-order valence-corrected chi connectivity index (χ3v) is 4.74. The van der Waals surface area contributed by atoms with Gasteiger partial charge in [0.05, 0.1) is 19.1 Å². The Labute approximate surface area is 146 Å². The summed E-state index contributed by atoms with van der Waals surface area (Å²) in [5, 5.41) is 11.2. The third-order valence-electron chi connectivity index (χ3n) is 4.15. The quantitative estimate of drug-likeness (QED) is 0.621. The first-order valence-electron chi connectivity index (χ1n) is 7.67. The van der Waals surface area contributed by atoms with Gasteiger partial charge in [-0.15, -0.1) is 0 Å². The number of aromatic hydroxyl groups is 1. The SMILES string of the molecule is COc1ccc2[nH]c(-c3cc(C)c(O)c(NS(C)(=O)=O)c3)c(C)c2c1. The van der Waals surface area contributed by atoms with Gasteiger partial charge in [-0.05, 0) is 55.3 Å². The number of hydrogen-bond donors (Lipinski definition) is 3. The van der Waals surface area contributed by atoms with Gasteiger partial charge < -0.3 is 14.8 Å². The number of anilines is 1. The van der Waals surface area contributed by atoms with E-state index in [1.807, 2.05) is 31.2 Å². The van der Waals surface area contributed by atoms with Gasteiger partial charge in [-0.25, -0.2) is 8.42 Å². The van der Waals surface area contributed by atoms with Crippen LogP contribution in [-0.2, 0) is 10.0 Å². The average Bonchev–Trinajstić information content (AvgIpc) is 2.87. The highest BCUT2D eigenvalue weighted by molar-refractivity contribution is 7.92. The van der Waals surface area contributed by atoms with Crippen molar-refractivity contribution in [1.29, 1.82) is 0 Å². The van der Waals surface area contributed by atoms with Gasteiger partial charge in [-0.3, -0.25) is 4.72 Å². The summed E-state index contributed by atoms with van der Waals surface area (Å²) in [5.74, 6) is 0.687. The maximum absolute atomic E-state index is 11.5. The van der Waals surface area contributed by atoms with E-state index in [1.54, 1.807) is 20.1 Å². The van der Waals surface area contributed by atoms with Crippen molar-refractivity contribution in [3.05, 3.63) is 41.5 Å². The van der Waals surface area contributed by atoms with Crippen LogP contribution in [0.25, 0.3) is 22.2 Å². The lowest BCUT2D eigenvalue weighted by Crippen LogP contribution is -2.10. The fourth-order valence-corrected chi connectivity index (χ4v) is 3.48. The highest BCUT2D eigenvalue weighted by atomic mass is 32.2. The van der Waals surface area contributed by atoms with Gasteiger partial charge >= 0.3 is 0 Å². The zero-order chi connectivity index (χ0) is 18.4. The number of hydrogen-bond acceptors (Lipinski definition) is 4. The highest BCUT2D eigenvalue weighted by Crippen LogP contribution is 2.37. The molecular formula is C18H20N2O4S. The van der Waals surface area contributed by atoms with Crippen molar-refractivity contribution in [2.24, 2.45) is 0 Å². The summed E-state index contributed by atoms with van der Waals surface area (Å²) in [6.45, 7) is 3.72. The number of methoxy groups -OCH3 is 1. The maximum atomic E-state index is 11.5. The molecular weight excluding hydrogens is 340 g/mol. The molecule has 0 aliphatic carbocycles. The average molecular weight is 360 g/mol. The lowest BCUT2D eigenvalue weighted by Gasteiger charge is -2.12. The molecule has 2 aromatic carbocycles. The van der Waals surface area contributed by atoms with Gasteiger partial charge in [-0.2, -0.15) is 0 Å². The Balaban J connectivity index is 2.19. The summed E-state index contributed by atoms with van der Waals surface area (Å²) in [6.07, 6.45) is 1.05. The number of aromatic nitrogens is 1. The Morgan fingerprint density at radius 3 is 2.52 bits per heavy atom. The van der Waals surface area contributed by atoms with E-state index in [2.05, 4.69) is 9.71 Å². The molecule has 0 atom stereocenters. The van der Waals surface area contributed by atoms with Crippen LogP contribution in [0.15, 0.2) is 30.3 Å². The van der Waals surface area contributed by atoms with Crippen LogP contribution in [0.1, 0.15) is 11.1 Å². The Morgan fingerprint density at radius 1 is 1.16 bits per heavy atom. The first kappa shape index (κ1) is 17.2. The Morgan fingerprint density at radius 2 is 1.88 bits per heavy atom. The van der Waals surface area contributed by atoms with Crippen LogP contribution in [0, 0.1) is 13.8 Å². The number of sulfonamides is 1. The molecule has 0 aliphatic heterocycles. The van der Waals surface area contributed by atoms with Crippen molar-refractivity contribution in [3.63, 3.8) is 0 Å². The minimum atomic E-state index is -3.50. The third kappa shape index (κ3) is 3.28. The molecule has 6 nitrogen and oxygen atoms in total. The van der Waals surface area contributed by atoms with Crippen molar-refractivity contribution in [1.82, 2.24) is 4.98 Å². The van der Waals surface area contributed by atoms with E-state index < -0.39 is 10.0 Å². The van der Waals surface area contributed by atoms with E-state index in [1.165, 1.54) is 0 Å². The van der Waals surface area contributed by atoms with Gasteiger partial charge in [0.1, 0.15) is 11.5 Å². The Hall–Kier alpha value is -2.67. The number of aromatic amines is 1. The molecule has 0 unspecified atom stereocenters. The van der Waals surface area contributed by atoms with Gasteiger partial charge in [0, 0.05) is 22.2 Å². The number of nitrogens with one attached hydrogen (secondary N) is 2. The van der Waals surface area contributed by atoms with Gasteiger partial charge in [-0.1, -0.05) is 0 Å². The summed E-state index contributed by atoms with van der Waals surface area (Å²) in [7, 11) is -1.87. The molecule has 3 N–H and O–H groups in total. The number of aryl methyl sites for hydroxylation is 2. The number of rotatable bonds is 4. The summed E-state index contributed by atoms with van der Waals surface area (Å²) in [6, 6.07) is 9.21. The molecule has 0 radical (unpaired) electrons. The van der Waals surface area contributed by atoms with Crippen LogP contribution in [-0.4, -0.2) is 31.9 Å². The van der Waals surface area contributed by atoms with Crippen molar-refractivity contribution < 1.29 is 18.3 Å². The molecule has 3 rings (SSSR count). The van der Waals surface area contributed by atoms with Crippen LogP contribution in [0.2, 0.25) is 0 Å². The summed E-state index contributed by atoms with van der Waals surface area (Å²) in [4.78, 5) is 3.35. The highest BCUT2D eigenvalue weighted by Gasteiger charge is 2.16. The lowest BCUT2D eigenvalue weighted by molar-refractivity contribution is 0.415. The number of fused-ring (bicyclic) bond motifs is 1. The van der Waals surface area contributed by atoms with Crippen molar-refractivity contribution in [2.45, 2.75) is 13.8 Å². The molecule has 0 spiro atoms. The number of phenols is 1. The topological polar surface area (TPSA) is 91.4 Å². The van der Waals surface area contributed by atoms with E-state index in [0.717, 1.165) is 39.7 Å². The minimum Gasteiger partial charge on any atom is -0.505 e. The molecule has 7 heteroatoms. The molecule has 1 aromatic heterocycles. The van der Waals surface area contributed by atoms with Crippen molar-refractivity contribution in [3.8, 4) is 22.8 Å². The predicted octanol–water partition coefficient (Wildman–Crippen LogP) is 3.54. The molecule has 25 heavy (non-hydrogen) atoms. The summed E-state index contributed by atoms with van der Waals surface area (Å²) >= 11 is 0.